The molecule has 2 atom stereocenters. The van der Waals surface area contributed by atoms with Gasteiger partial charge in [-0.25, -0.2) is 0 Å². The Kier molecular flexibility index (Phi) is 2.75. The first kappa shape index (κ1) is 12.2. The van der Waals surface area contributed by atoms with Crippen LogP contribution in [0.3, 0.4) is 0 Å². The maximum Gasteiger partial charge on any atom is 0.311 e. The highest BCUT2D eigenvalue weighted by Crippen LogP contribution is 2.61. The van der Waals surface area contributed by atoms with E-state index in [1.807, 2.05) is 0 Å². The molecule has 2 N–H and O–H groups in total. The second-order valence-electron chi connectivity index (χ2n) is 6.10. The standard InChI is InChI=1S/C12H19NO2.ClH/c1-15-10(14)11-3-8-2-9(4-11)6-12(13,5-8)7-11;/h8-9H,2-7,13H2,1H3;1H. The molecule has 0 heterocycles. The number of nitrogens with two attached hydrogens (primary N) is 1. The van der Waals surface area contributed by atoms with Crippen LogP contribution in [-0.2, 0) is 9.53 Å². The van der Waals surface area contributed by atoms with E-state index in [1.54, 1.807) is 0 Å². The summed E-state index contributed by atoms with van der Waals surface area (Å²) in [5.41, 5.74) is 6.12. The molecular formula is C12H20ClNO2. The molecule has 4 aliphatic rings. The third-order valence-electron chi connectivity index (χ3n) is 4.72. The second kappa shape index (κ2) is 3.61. The molecule has 4 rings (SSSR count). The van der Waals surface area contributed by atoms with E-state index in [9.17, 15) is 4.79 Å². The van der Waals surface area contributed by atoms with Crippen LogP contribution in [0, 0.1) is 17.3 Å². The van der Waals surface area contributed by atoms with Crippen molar-refractivity contribution in [2.24, 2.45) is 23.0 Å². The Morgan fingerprint density at radius 1 is 1.25 bits per heavy atom. The minimum Gasteiger partial charge on any atom is -0.469 e. The monoisotopic (exact) mass is 245 g/mol. The number of rotatable bonds is 1. The summed E-state index contributed by atoms with van der Waals surface area (Å²) in [6.45, 7) is 0. The van der Waals surface area contributed by atoms with E-state index in [0.29, 0.717) is 11.8 Å². The van der Waals surface area contributed by atoms with Gasteiger partial charge in [0.25, 0.3) is 0 Å². The molecule has 92 valence electrons. The summed E-state index contributed by atoms with van der Waals surface area (Å²) >= 11 is 0. The van der Waals surface area contributed by atoms with Crippen LogP contribution < -0.4 is 5.73 Å². The van der Waals surface area contributed by atoms with Crippen molar-refractivity contribution in [2.45, 2.75) is 44.1 Å². The summed E-state index contributed by atoms with van der Waals surface area (Å²) in [5, 5.41) is 0. The summed E-state index contributed by atoms with van der Waals surface area (Å²) < 4.78 is 4.99. The number of hydrogen-bond donors (Lipinski definition) is 1. The van der Waals surface area contributed by atoms with Gasteiger partial charge in [0.1, 0.15) is 0 Å². The third-order valence-corrected chi connectivity index (χ3v) is 4.72. The second-order valence-corrected chi connectivity index (χ2v) is 6.10. The lowest BCUT2D eigenvalue weighted by Gasteiger charge is -2.59. The molecule has 0 aromatic rings. The van der Waals surface area contributed by atoms with E-state index in [1.165, 1.54) is 13.5 Å². The van der Waals surface area contributed by atoms with Crippen LogP contribution in [0.15, 0.2) is 0 Å². The molecule has 4 fully saturated rings. The van der Waals surface area contributed by atoms with Gasteiger partial charge in [-0.1, -0.05) is 0 Å². The van der Waals surface area contributed by atoms with Crippen LogP contribution in [0.2, 0.25) is 0 Å². The normalized spacial score (nSPS) is 48.6. The van der Waals surface area contributed by atoms with Crippen LogP contribution in [0.4, 0.5) is 0 Å². The van der Waals surface area contributed by atoms with Crippen molar-refractivity contribution in [2.75, 3.05) is 7.11 Å². The van der Waals surface area contributed by atoms with Crippen LogP contribution >= 0.6 is 12.4 Å². The SMILES string of the molecule is COC(=O)C12CC3CC(CC(N)(C3)C1)C2.Cl. The molecule has 0 spiro atoms. The lowest BCUT2D eigenvalue weighted by Crippen LogP contribution is -2.62. The highest BCUT2D eigenvalue weighted by Gasteiger charge is 2.59. The summed E-state index contributed by atoms with van der Waals surface area (Å²) in [7, 11) is 1.50. The highest BCUT2D eigenvalue weighted by atomic mass is 35.5. The fraction of sp³-hybridized carbons (Fsp3) is 0.917. The van der Waals surface area contributed by atoms with E-state index in [4.69, 9.17) is 10.5 Å². The molecular weight excluding hydrogens is 226 g/mol. The highest BCUT2D eigenvalue weighted by molar-refractivity contribution is 5.85. The molecule has 2 unspecified atom stereocenters. The minimum atomic E-state index is -0.215. The van der Waals surface area contributed by atoms with Crippen LogP contribution in [0.5, 0.6) is 0 Å². The molecule has 0 saturated heterocycles. The maximum absolute atomic E-state index is 11.9. The summed E-state index contributed by atoms with van der Waals surface area (Å²) in [5.74, 6) is 1.34. The van der Waals surface area contributed by atoms with Crippen molar-refractivity contribution in [3.05, 3.63) is 0 Å². The Bertz CT molecular complexity index is 304. The van der Waals surface area contributed by atoms with Gasteiger partial charge >= 0.3 is 5.97 Å². The first-order valence-corrected chi connectivity index (χ1v) is 5.93. The largest absolute Gasteiger partial charge is 0.469 e. The van der Waals surface area contributed by atoms with E-state index < -0.39 is 0 Å². The summed E-state index contributed by atoms with van der Waals surface area (Å²) in [4.78, 5) is 11.9. The van der Waals surface area contributed by atoms with Gasteiger partial charge in [0.05, 0.1) is 12.5 Å². The van der Waals surface area contributed by atoms with Gasteiger partial charge in [-0.3, -0.25) is 4.79 Å². The van der Waals surface area contributed by atoms with Gasteiger partial charge in [0.2, 0.25) is 0 Å². The van der Waals surface area contributed by atoms with Crippen LogP contribution in [-0.4, -0.2) is 18.6 Å². The van der Waals surface area contributed by atoms with Crippen LogP contribution in [0.25, 0.3) is 0 Å². The van der Waals surface area contributed by atoms with Crippen LogP contribution in [0.1, 0.15) is 38.5 Å². The zero-order valence-corrected chi connectivity index (χ0v) is 10.5. The van der Waals surface area contributed by atoms with Gasteiger partial charge in [-0.15, -0.1) is 12.4 Å². The van der Waals surface area contributed by atoms with Gasteiger partial charge in [-0.2, -0.15) is 0 Å². The molecule has 4 heteroatoms. The molecule has 16 heavy (non-hydrogen) atoms. The van der Waals surface area contributed by atoms with Crippen molar-refractivity contribution in [3.63, 3.8) is 0 Å². The first-order valence-electron chi connectivity index (χ1n) is 5.93. The summed E-state index contributed by atoms with van der Waals surface area (Å²) in [6.07, 6.45) is 6.45. The van der Waals surface area contributed by atoms with Gasteiger partial charge in [0, 0.05) is 5.54 Å². The fourth-order valence-corrected chi connectivity index (χ4v) is 4.79. The van der Waals surface area contributed by atoms with Crippen molar-refractivity contribution in [1.82, 2.24) is 0 Å². The van der Waals surface area contributed by atoms with Gasteiger partial charge in [0.15, 0.2) is 0 Å². The molecule has 4 aliphatic carbocycles. The van der Waals surface area contributed by atoms with E-state index >= 15 is 0 Å². The Morgan fingerprint density at radius 2 is 1.81 bits per heavy atom. The number of methoxy groups -OCH3 is 1. The fourth-order valence-electron chi connectivity index (χ4n) is 4.79. The molecule has 0 aromatic carbocycles. The van der Waals surface area contributed by atoms with Gasteiger partial charge in [-0.05, 0) is 50.4 Å². The minimum absolute atomic E-state index is 0. The Balaban J connectivity index is 0.000000963. The smallest absolute Gasteiger partial charge is 0.311 e. The predicted octanol–water partition coefficient (Wildman–Crippen LogP) is 1.88. The predicted molar refractivity (Wildman–Crippen MR) is 63.3 cm³/mol. The van der Waals surface area contributed by atoms with E-state index in [0.717, 1.165) is 32.1 Å². The third kappa shape index (κ3) is 1.56. The van der Waals surface area contributed by atoms with Crippen molar-refractivity contribution >= 4 is 18.4 Å². The average molecular weight is 246 g/mol. The maximum atomic E-state index is 11.9. The molecule has 0 radical (unpaired) electrons. The molecule has 0 aromatic heterocycles. The topological polar surface area (TPSA) is 52.3 Å². The number of carbonyl (C=O) groups is 1. The summed E-state index contributed by atoms with van der Waals surface area (Å²) in [6, 6.07) is 0. The lowest BCUT2D eigenvalue weighted by atomic mass is 9.47. The molecule has 4 bridgehead atoms. The molecule has 0 aliphatic heterocycles. The van der Waals surface area contributed by atoms with Crippen molar-refractivity contribution in [3.8, 4) is 0 Å². The molecule has 3 nitrogen and oxygen atoms in total. The average Bonchev–Trinajstić information content (AvgIpc) is 2.12. The van der Waals surface area contributed by atoms with E-state index in [-0.39, 0.29) is 29.3 Å². The lowest BCUT2D eigenvalue weighted by molar-refractivity contribution is -0.170. The number of halogens is 1. The van der Waals surface area contributed by atoms with Crippen molar-refractivity contribution in [1.29, 1.82) is 0 Å². The molecule has 4 saturated carbocycles. The number of carbonyl (C=O) groups excluding carboxylic acids is 1. The van der Waals surface area contributed by atoms with E-state index in [2.05, 4.69) is 0 Å². The Morgan fingerprint density at radius 3 is 2.25 bits per heavy atom. The zero-order chi connectivity index (χ0) is 10.7. The Hall–Kier alpha value is -0.280. The van der Waals surface area contributed by atoms with Crippen molar-refractivity contribution < 1.29 is 9.53 Å². The Labute approximate surface area is 103 Å². The quantitative estimate of drug-likeness (QED) is 0.718. The van der Waals surface area contributed by atoms with Gasteiger partial charge < -0.3 is 10.5 Å². The first-order chi connectivity index (χ1) is 7.05. The number of esters is 1. The number of ether oxygens (including phenoxy) is 1. The zero-order valence-electron chi connectivity index (χ0n) is 9.70. The molecule has 0 amide bonds. The number of hydrogen-bond acceptors (Lipinski definition) is 3.